The Balaban J connectivity index is 1.79. The molecular formula is C11H14ClNOS. The van der Waals surface area contributed by atoms with Crippen molar-refractivity contribution in [1.82, 2.24) is 4.90 Å². The number of hydrogen-bond acceptors (Lipinski definition) is 3. The summed E-state index contributed by atoms with van der Waals surface area (Å²) in [4.78, 5) is 3.43. The van der Waals surface area contributed by atoms with Gasteiger partial charge in [-0.25, -0.2) is 0 Å². The van der Waals surface area contributed by atoms with Crippen LogP contribution < -0.4 is 0 Å². The lowest BCUT2D eigenvalue weighted by molar-refractivity contribution is 0.0489. The summed E-state index contributed by atoms with van der Waals surface area (Å²) in [5, 5.41) is 10.5. The van der Waals surface area contributed by atoms with Crippen LogP contribution >= 0.6 is 22.9 Å². The number of rotatable bonds is 2. The molecule has 2 nitrogen and oxygen atoms in total. The van der Waals surface area contributed by atoms with E-state index >= 15 is 0 Å². The lowest BCUT2D eigenvalue weighted by Gasteiger charge is -2.22. The van der Waals surface area contributed by atoms with Gasteiger partial charge in [0.25, 0.3) is 0 Å². The molecule has 1 N–H and O–H groups in total. The van der Waals surface area contributed by atoms with Crippen LogP contribution in [0.1, 0.15) is 24.1 Å². The topological polar surface area (TPSA) is 23.5 Å². The lowest BCUT2D eigenvalue weighted by atomic mass is 10.0. The first-order valence-electron chi connectivity index (χ1n) is 5.40. The van der Waals surface area contributed by atoms with Crippen LogP contribution in [0.4, 0.5) is 0 Å². The fraction of sp³-hybridized carbons (Fsp3) is 0.636. The van der Waals surface area contributed by atoms with Crippen molar-refractivity contribution in [2.75, 3.05) is 13.1 Å². The molecule has 2 fully saturated rings. The van der Waals surface area contributed by atoms with E-state index in [1.807, 2.05) is 12.1 Å². The maximum Gasteiger partial charge on any atom is 0.113 e. The highest BCUT2D eigenvalue weighted by molar-refractivity contribution is 7.16. The molecule has 2 heterocycles. The van der Waals surface area contributed by atoms with Crippen molar-refractivity contribution in [2.24, 2.45) is 0 Å². The molecule has 1 aromatic rings. The van der Waals surface area contributed by atoms with Gasteiger partial charge < -0.3 is 5.11 Å². The van der Waals surface area contributed by atoms with E-state index in [1.165, 1.54) is 24.2 Å². The molecule has 3 rings (SSSR count). The maximum absolute atomic E-state index is 10.5. The van der Waals surface area contributed by atoms with Crippen molar-refractivity contribution in [3.63, 3.8) is 0 Å². The van der Waals surface area contributed by atoms with Crippen LogP contribution in [0.25, 0.3) is 0 Å². The standard InChI is InChI=1S/C11H14ClNOS/c12-10-4-3-9(15-10)11(14)5-6-13(7-11)8-1-2-8/h3-4,8,14H,1-2,5-7H2. The fourth-order valence-electron chi connectivity index (χ4n) is 2.34. The summed E-state index contributed by atoms with van der Waals surface area (Å²) in [6.07, 6.45) is 3.46. The Hall–Kier alpha value is -0.0900. The fourth-order valence-corrected chi connectivity index (χ4v) is 3.49. The Morgan fingerprint density at radius 3 is 2.87 bits per heavy atom. The van der Waals surface area contributed by atoms with Crippen molar-refractivity contribution in [1.29, 1.82) is 0 Å². The molecule has 1 saturated carbocycles. The molecule has 82 valence electrons. The second-order valence-electron chi connectivity index (χ2n) is 4.59. The predicted octanol–water partition coefficient (Wildman–Crippen LogP) is 2.46. The summed E-state index contributed by atoms with van der Waals surface area (Å²) in [7, 11) is 0. The second kappa shape index (κ2) is 3.45. The predicted molar refractivity (Wildman–Crippen MR) is 62.4 cm³/mol. The third-order valence-electron chi connectivity index (χ3n) is 3.37. The summed E-state index contributed by atoms with van der Waals surface area (Å²) < 4.78 is 0.767. The first kappa shape index (κ1) is 10.1. The minimum Gasteiger partial charge on any atom is -0.383 e. The zero-order valence-electron chi connectivity index (χ0n) is 8.45. The molecule has 0 amide bonds. The Kier molecular flexibility index (Phi) is 2.32. The number of aliphatic hydroxyl groups is 1. The molecule has 1 unspecified atom stereocenters. The quantitative estimate of drug-likeness (QED) is 0.863. The van der Waals surface area contributed by atoms with Gasteiger partial charge in [0.15, 0.2) is 0 Å². The Morgan fingerprint density at radius 1 is 1.47 bits per heavy atom. The third-order valence-corrected chi connectivity index (χ3v) is 4.80. The Labute approximate surface area is 98.5 Å². The molecule has 4 heteroatoms. The summed E-state index contributed by atoms with van der Waals surface area (Å²) in [6.45, 7) is 1.81. The minimum atomic E-state index is -0.638. The molecule has 15 heavy (non-hydrogen) atoms. The number of likely N-dealkylation sites (tertiary alicyclic amines) is 1. The molecule has 0 aromatic carbocycles. The van der Waals surface area contributed by atoms with Gasteiger partial charge in [-0.1, -0.05) is 11.6 Å². The van der Waals surface area contributed by atoms with Gasteiger partial charge in [0.05, 0.1) is 4.34 Å². The first-order valence-corrected chi connectivity index (χ1v) is 6.59. The second-order valence-corrected chi connectivity index (χ2v) is 6.30. The van der Waals surface area contributed by atoms with Gasteiger partial charge in [-0.3, -0.25) is 4.90 Å². The molecule has 1 saturated heterocycles. The van der Waals surface area contributed by atoms with E-state index in [-0.39, 0.29) is 0 Å². The van der Waals surface area contributed by atoms with E-state index in [1.54, 1.807) is 0 Å². The van der Waals surface area contributed by atoms with Gasteiger partial charge in [-0.05, 0) is 31.4 Å². The number of nitrogens with zero attached hydrogens (tertiary/aromatic N) is 1. The van der Waals surface area contributed by atoms with Crippen molar-refractivity contribution in [2.45, 2.75) is 30.9 Å². The summed E-state index contributed by atoms with van der Waals surface area (Å²) in [5.74, 6) is 0. The molecule has 0 bridgehead atoms. The smallest absolute Gasteiger partial charge is 0.113 e. The third kappa shape index (κ3) is 1.82. The average molecular weight is 244 g/mol. The Bertz CT molecular complexity index is 376. The van der Waals surface area contributed by atoms with Gasteiger partial charge in [0.1, 0.15) is 5.60 Å². The zero-order valence-corrected chi connectivity index (χ0v) is 10.0. The highest BCUT2D eigenvalue weighted by Gasteiger charge is 2.43. The van der Waals surface area contributed by atoms with Gasteiger partial charge in [-0.15, -0.1) is 11.3 Å². The molecule has 0 spiro atoms. The molecule has 1 aliphatic carbocycles. The van der Waals surface area contributed by atoms with E-state index in [0.717, 1.165) is 34.8 Å². The molecule has 1 atom stereocenters. The summed E-state index contributed by atoms with van der Waals surface area (Å²) in [5.41, 5.74) is -0.638. The minimum absolute atomic E-state index is 0.638. The summed E-state index contributed by atoms with van der Waals surface area (Å²) >= 11 is 7.41. The monoisotopic (exact) mass is 243 g/mol. The van der Waals surface area contributed by atoms with Crippen LogP contribution in [0.15, 0.2) is 12.1 Å². The molecule has 1 aromatic heterocycles. The molecule has 1 aliphatic heterocycles. The zero-order chi connectivity index (χ0) is 10.5. The van der Waals surface area contributed by atoms with E-state index in [0.29, 0.717) is 0 Å². The van der Waals surface area contributed by atoms with Crippen molar-refractivity contribution >= 4 is 22.9 Å². The van der Waals surface area contributed by atoms with E-state index < -0.39 is 5.60 Å². The molecule has 2 aliphatic rings. The van der Waals surface area contributed by atoms with E-state index in [9.17, 15) is 5.11 Å². The number of halogens is 1. The van der Waals surface area contributed by atoms with Crippen molar-refractivity contribution in [3.05, 3.63) is 21.3 Å². The van der Waals surface area contributed by atoms with Crippen LogP contribution in [0, 0.1) is 0 Å². The van der Waals surface area contributed by atoms with E-state index in [4.69, 9.17) is 11.6 Å². The number of hydrogen-bond donors (Lipinski definition) is 1. The molecule has 0 radical (unpaired) electrons. The van der Waals surface area contributed by atoms with Crippen LogP contribution in [0.5, 0.6) is 0 Å². The van der Waals surface area contributed by atoms with Crippen molar-refractivity contribution < 1.29 is 5.11 Å². The average Bonchev–Trinajstić information content (AvgIpc) is 2.84. The lowest BCUT2D eigenvalue weighted by Crippen LogP contribution is -2.31. The van der Waals surface area contributed by atoms with Gasteiger partial charge in [-0.2, -0.15) is 0 Å². The highest BCUT2D eigenvalue weighted by Crippen LogP contribution is 2.41. The number of β-amino-alcohol motifs (C(OH)–C–C–N with tert-alkyl or cyclic N) is 1. The van der Waals surface area contributed by atoms with Crippen LogP contribution in [0.3, 0.4) is 0 Å². The molecular weight excluding hydrogens is 230 g/mol. The Morgan fingerprint density at radius 2 is 2.27 bits per heavy atom. The van der Waals surface area contributed by atoms with Crippen LogP contribution in [-0.2, 0) is 5.60 Å². The SMILES string of the molecule is OC1(c2ccc(Cl)s2)CCN(C2CC2)C1. The van der Waals surface area contributed by atoms with Crippen LogP contribution in [-0.4, -0.2) is 29.1 Å². The summed E-state index contributed by atoms with van der Waals surface area (Å²) in [6, 6.07) is 4.58. The van der Waals surface area contributed by atoms with Gasteiger partial charge in [0.2, 0.25) is 0 Å². The largest absolute Gasteiger partial charge is 0.383 e. The maximum atomic E-state index is 10.5. The van der Waals surface area contributed by atoms with Crippen molar-refractivity contribution in [3.8, 4) is 0 Å². The number of thiophene rings is 1. The normalized spacial score (nSPS) is 32.4. The highest BCUT2D eigenvalue weighted by atomic mass is 35.5. The first-order chi connectivity index (χ1) is 7.17. The van der Waals surface area contributed by atoms with Gasteiger partial charge >= 0.3 is 0 Å². The van der Waals surface area contributed by atoms with Gasteiger partial charge in [0, 0.05) is 24.0 Å². The van der Waals surface area contributed by atoms with E-state index in [2.05, 4.69) is 4.90 Å². The van der Waals surface area contributed by atoms with Crippen LogP contribution in [0.2, 0.25) is 4.34 Å².